The van der Waals surface area contributed by atoms with Gasteiger partial charge in [-0.15, -0.1) is 11.3 Å². The van der Waals surface area contributed by atoms with Gasteiger partial charge in [0, 0.05) is 29.9 Å². The highest BCUT2D eigenvalue weighted by Gasteiger charge is 2.30. The third kappa shape index (κ3) is 2.95. The van der Waals surface area contributed by atoms with Crippen LogP contribution in [0.4, 0.5) is 0 Å². The summed E-state index contributed by atoms with van der Waals surface area (Å²) in [6.45, 7) is 0.285. The molecule has 0 saturated heterocycles. The van der Waals surface area contributed by atoms with Crippen LogP contribution in [0.1, 0.15) is 42.4 Å². The molecule has 1 aliphatic rings. The van der Waals surface area contributed by atoms with E-state index in [1.54, 1.807) is 17.5 Å². The molecule has 0 spiro atoms. The summed E-state index contributed by atoms with van der Waals surface area (Å²) in [5.41, 5.74) is 0. The molecule has 3 N–H and O–H groups in total. The van der Waals surface area contributed by atoms with E-state index < -0.39 is 0 Å². The van der Waals surface area contributed by atoms with Crippen molar-refractivity contribution in [2.75, 3.05) is 6.61 Å². The van der Waals surface area contributed by atoms with Crippen molar-refractivity contribution in [3.63, 3.8) is 0 Å². The Morgan fingerprint density at radius 1 is 1.50 bits per heavy atom. The van der Waals surface area contributed by atoms with Gasteiger partial charge >= 0.3 is 0 Å². The van der Waals surface area contributed by atoms with Crippen LogP contribution in [0.15, 0.2) is 29.9 Å². The molecular formula is C15H21N3OS. The van der Waals surface area contributed by atoms with Crippen molar-refractivity contribution in [3.8, 4) is 0 Å². The van der Waals surface area contributed by atoms with Crippen molar-refractivity contribution < 1.29 is 5.11 Å². The first-order valence-corrected chi connectivity index (χ1v) is 8.16. The van der Waals surface area contributed by atoms with Crippen LogP contribution in [0, 0.1) is 5.92 Å². The molecule has 0 aliphatic heterocycles. The number of imidazole rings is 1. The van der Waals surface area contributed by atoms with Crippen LogP contribution in [0.2, 0.25) is 0 Å². The lowest BCUT2D eigenvalue weighted by atomic mass is 9.99. The molecule has 3 rings (SSSR count). The Bertz CT molecular complexity index is 463. The lowest BCUT2D eigenvalue weighted by Crippen LogP contribution is -2.36. The van der Waals surface area contributed by atoms with E-state index in [-0.39, 0.29) is 12.6 Å². The molecule has 1 fully saturated rings. The second kappa shape index (κ2) is 6.52. The zero-order valence-corrected chi connectivity index (χ0v) is 12.3. The van der Waals surface area contributed by atoms with Gasteiger partial charge in [0.15, 0.2) is 0 Å². The molecular weight excluding hydrogens is 270 g/mol. The van der Waals surface area contributed by atoms with Gasteiger partial charge in [-0.05, 0) is 36.6 Å². The lowest BCUT2D eigenvalue weighted by molar-refractivity contribution is 0.238. The van der Waals surface area contributed by atoms with Gasteiger partial charge in [-0.1, -0.05) is 12.5 Å². The lowest BCUT2D eigenvalue weighted by Gasteiger charge is -2.25. The molecule has 4 nitrogen and oxygen atoms in total. The monoisotopic (exact) mass is 291 g/mol. The minimum atomic E-state index is 0.134. The van der Waals surface area contributed by atoms with Gasteiger partial charge < -0.3 is 10.1 Å². The molecule has 2 aromatic heterocycles. The SMILES string of the molecule is OCC[C@@H]1CCC[C@H]1N[C@@H](c1ncc[nH]1)c1cccs1. The van der Waals surface area contributed by atoms with E-state index in [0.29, 0.717) is 12.0 Å². The second-order valence-corrected chi connectivity index (χ2v) is 6.38. The Hall–Kier alpha value is -1.17. The molecule has 2 aromatic rings. The van der Waals surface area contributed by atoms with Crippen LogP contribution in [0.5, 0.6) is 0 Å². The van der Waals surface area contributed by atoms with E-state index in [2.05, 4.69) is 32.8 Å². The summed E-state index contributed by atoms with van der Waals surface area (Å²) in [4.78, 5) is 8.94. The summed E-state index contributed by atoms with van der Waals surface area (Å²) in [7, 11) is 0. The van der Waals surface area contributed by atoms with E-state index in [4.69, 9.17) is 0 Å². The maximum atomic E-state index is 9.20. The number of rotatable bonds is 6. The zero-order valence-electron chi connectivity index (χ0n) is 11.5. The van der Waals surface area contributed by atoms with Crippen molar-refractivity contribution in [1.29, 1.82) is 0 Å². The molecule has 1 aliphatic carbocycles. The van der Waals surface area contributed by atoms with E-state index in [1.165, 1.54) is 24.1 Å². The Morgan fingerprint density at radius 3 is 3.15 bits per heavy atom. The highest BCUT2D eigenvalue weighted by Crippen LogP contribution is 2.32. The Balaban J connectivity index is 1.77. The van der Waals surface area contributed by atoms with Crippen molar-refractivity contribution >= 4 is 11.3 Å². The number of hydrogen-bond donors (Lipinski definition) is 3. The van der Waals surface area contributed by atoms with Gasteiger partial charge in [-0.3, -0.25) is 5.32 Å². The van der Waals surface area contributed by atoms with Crippen molar-refractivity contribution in [3.05, 3.63) is 40.6 Å². The second-order valence-electron chi connectivity index (χ2n) is 5.40. The first kappa shape index (κ1) is 13.8. The number of nitrogens with zero attached hydrogens (tertiary/aromatic N) is 1. The van der Waals surface area contributed by atoms with Crippen LogP contribution in [-0.2, 0) is 0 Å². The predicted molar refractivity (Wildman–Crippen MR) is 80.7 cm³/mol. The highest BCUT2D eigenvalue weighted by atomic mass is 32.1. The average molecular weight is 291 g/mol. The molecule has 5 heteroatoms. The molecule has 1 saturated carbocycles. The van der Waals surface area contributed by atoms with Crippen LogP contribution in [-0.4, -0.2) is 27.7 Å². The molecule has 0 radical (unpaired) electrons. The molecule has 3 atom stereocenters. The van der Waals surface area contributed by atoms with Crippen LogP contribution < -0.4 is 5.32 Å². The fourth-order valence-corrected chi connectivity index (χ4v) is 3.96. The molecule has 0 bridgehead atoms. The molecule has 0 aromatic carbocycles. The van der Waals surface area contributed by atoms with Crippen molar-refractivity contribution in [2.24, 2.45) is 5.92 Å². The van der Waals surface area contributed by atoms with Gasteiger partial charge in [0.25, 0.3) is 0 Å². The number of nitrogens with one attached hydrogen (secondary N) is 2. The van der Waals surface area contributed by atoms with E-state index >= 15 is 0 Å². The van der Waals surface area contributed by atoms with Crippen LogP contribution in [0.25, 0.3) is 0 Å². The Morgan fingerprint density at radius 2 is 2.45 bits per heavy atom. The number of thiophene rings is 1. The third-order valence-electron chi connectivity index (χ3n) is 4.16. The van der Waals surface area contributed by atoms with Crippen molar-refractivity contribution in [2.45, 2.75) is 37.8 Å². The van der Waals surface area contributed by atoms with E-state index in [0.717, 1.165) is 12.2 Å². The van der Waals surface area contributed by atoms with Crippen LogP contribution in [0.3, 0.4) is 0 Å². The first-order chi connectivity index (χ1) is 9.88. The average Bonchev–Trinajstić information content (AvgIpc) is 3.20. The van der Waals surface area contributed by atoms with Gasteiger partial charge in [0.1, 0.15) is 11.9 Å². The molecule has 20 heavy (non-hydrogen) atoms. The maximum absolute atomic E-state index is 9.20. The highest BCUT2D eigenvalue weighted by molar-refractivity contribution is 7.10. The van der Waals surface area contributed by atoms with Gasteiger partial charge in [-0.25, -0.2) is 4.98 Å². The van der Waals surface area contributed by atoms with Gasteiger partial charge in [0.05, 0.1) is 0 Å². The standard InChI is InChI=1S/C15H21N3OS/c19-9-6-11-3-1-4-12(11)18-14(13-5-2-10-20-13)15-16-7-8-17-15/h2,5,7-8,10-12,14,18-19H,1,3-4,6,9H2,(H,16,17)/t11-,12+,14+/m0/s1. The number of aromatic amines is 1. The fourth-order valence-electron chi connectivity index (χ4n) is 3.17. The summed E-state index contributed by atoms with van der Waals surface area (Å²) in [5, 5.41) is 15.1. The quantitative estimate of drug-likeness (QED) is 0.767. The molecule has 0 unspecified atom stereocenters. The minimum absolute atomic E-state index is 0.134. The van der Waals surface area contributed by atoms with Gasteiger partial charge in [-0.2, -0.15) is 0 Å². The topological polar surface area (TPSA) is 60.9 Å². The van der Waals surface area contributed by atoms with Crippen LogP contribution >= 0.6 is 11.3 Å². The van der Waals surface area contributed by atoms with Gasteiger partial charge in [0.2, 0.25) is 0 Å². The zero-order chi connectivity index (χ0) is 13.8. The Kier molecular flexibility index (Phi) is 4.50. The largest absolute Gasteiger partial charge is 0.396 e. The number of aliphatic hydroxyl groups excluding tert-OH is 1. The smallest absolute Gasteiger partial charge is 0.128 e. The number of H-pyrrole nitrogens is 1. The molecule has 108 valence electrons. The summed E-state index contributed by atoms with van der Waals surface area (Å²) in [6, 6.07) is 4.84. The normalized spacial score (nSPS) is 24.1. The fraction of sp³-hybridized carbons (Fsp3) is 0.533. The summed E-state index contributed by atoms with van der Waals surface area (Å²) in [6.07, 6.45) is 8.22. The number of hydrogen-bond acceptors (Lipinski definition) is 4. The number of aromatic nitrogens is 2. The first-order valence-electron chi connectivity index (χ1n) is 7.28. The summed E-state index contributed by atoms with van der Waals surface area (Å²) in [5.74, 6) is 1.56. The molecule has 0 amide bonds. The number of aliphatic hydroxyl groups is 1. The predicted octanol–water partition coefficient (Wildman–Crippen LogP) is 2.70. The molecule has 2 heterocycles. The van der Waals surface area contributed by atoms with E-state index in [1.807, 2.05) is 6.20 Å². The summed E-state index contributed by atoms with van der Waals surface area (Å²) < 4.78 is 0. The van der Waals surface area contributed by atoms with E-state index in [9.17, 15) is 5.11 Å². The Labute approximate surface area is 123 Å². The minimum Gasteiger partial charge on any atom is -0.396 e. The maximum Gasteiger partial charge on any atom is 0.128 e. The van der Waals surface area contributed by atoms with Crippen molar-refractivity contribution in [1.82, 2.24) is 15.3 Å². The third-order valence-corrected chi connectivity index (χ3v) is 5.10. The summed E-state index contributed by atoms with van der Waals surface area (Å²) >= 11 is 1.76.